The molecule has 0 amide bonds. The van der Waals surface area contributed by atoms with Crippen molar-refractivity contribution in [3.05, 3.63) is 0 Å². The van der Waals surface area contributed by atoms with E-state index >= 15 is 0 Å². The van der Waals surface area contributed by atoms with Crippen molar-refractivity contribution in [3.8, 4) is 0 Å². The molecule has 0 aromatic rings. The molecular weight excluding hydrogens is 140 g/mol. The van der Waals surface area contributed by atoms with Gasteiger partial charge in [-0.3, -0.25) is 4.79 Å². The molecule has 0 heterocycles. The van der Waals surface area contributed by atoms with Gasteiger partial charge in [-0.15, -0.1) is 11.6 Å². The predicted octanol–water partition coefficient (Wildman–Crippen LogP) is 1.73. The summed E-state index contributed by atoms with van der Waals surface area (Å²) in [5.74, 6) is 0.127. The standard InChI is InChI=1S/C6H11ClO2/c1-5(4-7)2-3-6(8)9/h5H,2-4H2,1H3,(H,8,9). The maximum absolute atomic E-state index is 9.98. The molecule has 0 rings (SSSR count). The molecule has 0 aliphatic heterocycles. The van der Waals surface area contributed by atoms with Crippen LogP contribution < -0.4 is 0 Å². The Morgan fingerprint density at radius 1 is 1.78 bits per heavy atom. The van der Waals surface area contributed by atoms with Crippen LogP contribution in [0.15, 0.2) is 0 Å². The SMILES string of the molecule is CC(CCl)CCC(=O)O. The first-order valence-electron chi connectivity index (χ1n) is 2.94. The van der Waals surface area contributed by atoms with E-state index in [4.69, 9.17) is 16.7 Å². The summed E-state index contributed by atoms with van der Waals surface area (Å²) in [6.07, 6.45) is 0.909. The summed E-state index contributed by atoms with van der Waals surface area (Å²) in [5.41, 5.74) is 0. The van der Waals surface area contributed by atoms with Gasteiger partial charge >= 0.3 is 5.97 Å². The summed E-state index contributed by atoms with van der Waals surface area (Å²) in [6.45, 7) is 1.94. The Bertz CT molecular complexity index is 93.1. The van der Waals surface area contributed by atoms with Crippen LogP contribution in [0.3, 0.4) is 0 Å². The lowest BCUT2D eigenvalue weighted by Crippen LogP contribution is -2.01. The van der Waals surface area contributed by atoms with E-state index in [0.29, 0.717) is 18.2 Å². The fraction of sp³-hybridized carbons (Fsp3) is 0.833. The van der Waals surface area contributed by atoms with Crippen molar-refractivity contribution in [1.82, 2.24) is 0 Å². The van der Waals surface area contributed by atoms with E-state index in [1.54, 1.807) is 0 Å². The van der Waals surface area contributed by atoms with Crippen LogP contribution in [0.25, 0.3) is 0 Å². The average Bonchev–Trinajstić information content (AvgIpc) is 1.83. The van der Waals surface area contributed by atoms with Gasteiger partial charge in [0, 0.05) is 12.3 Å². The fourth-order valence-electron chi connectivity index (χ4n) is 0.447. The molecular formula is C6H11ClO2. The molecule has 1 atom stereocenters. The van der Waals surface area contributed by atoms with Crippen molar-refractivity contribution in [3.63, 3.8) is 0 Å². The quantitative estimate of drug-likeness (QED) is 0.620. The summed E-state index contributed by atoms with van der Waals surface area (Å²) in [4.78, 5) is 9.98. The topological polar surface area (TPSA) is 37.3 Å². The lowest BCUT2D eigenvalue weighted by molar-refractivity contribution is -0.137. The Morgan fingerprint density at radius 2 is 2.33 bits per heavy atom. The molecule has 0 aliphatic carbocycles. The molecule has 3 heteroatoms. The molecule has 1 unspecified atom stereocenters. The number of carboxylic acid groups (broad SMARTS) is 1. The summed E-state index contributed by atoms with van der Waals surface area (Å²) in [7, 11) is 0. The van der Waals surface area contributed by atoms with Crippen LogP contribution in [0.2, 0.25) is 0 Å². The van der Waals surface area contributed by atoms with Crippen LogP contribution in [-0.2, 0) is 4.79 Å². The summed E-state index contributed by atoms with van der Waals surface area (Å²) >= 11 is 5.44. The highest BCUT2D eigenvalue weighted by molar-refractivity contribution is 6.18. The zero-order valence-corrected chi connectivity index (χ0v) is 6.19. The smallest absolute Gasteiger partial charge is 0.303 e. The molecule has 0 bridgehead atoms. The van der Waals surface area contributed by atoms with E-state index in [1.807, 2.05) is 6.92 Å². The molecule has 9 heavy (non-hydrogen) atoms. The Labute approximate surface area is 59.8 Å². The Balaban J connectivity index is 3.16. The van der Waals surface area contributed by atoms with Gasteiger partial charge in [0.25, 0.3) is 0 Å². The van der Waals surface area contributed by atoms with E-state index in [1.165, 1.54) is 0 Å². The Kier molecular flexibility index (Phi) is 4.50. The zero-order valence-electron chi connectivity index (χ0n) is 5.43. The molecule has 1 N–H and O–H groups in total. The molecule has 54 valence electrons. The number of halogens is 1. The van der Waals surface area contributed by atoms with Crippen LogP contribution in [0.4, 0.5) is 0 Å². The maximum Gasteiger partial charge on any atom is 0.303 e. The summed E-state index contributed by atoms with van der Waals surface area (Å²) in [6, 6.07) is 0. The van der Waals surface area contributed by atoms with Gasteiger partial charge in [0.2, 0.25) is 0 Å². The van der Waals surface area contributed by atoms with Crippen LogP contribution in [-0.4, -0.2) is 17.0 Å². The number of alkyl halides is 1. The van der Waals surface area contributed by atoms with Crippen LogP contribution in [0.5, 0.6) is 0 Å². The minimum atomic E-state index is -0.744. The van der Waals surface area contributed by atoms with Crippen LogP contribution >= 0.6 is 11.6 Å². The van der Waals surface area contributed by atoms with Crippen LogP contribution in [0.1, 0.15) is 19.8 Å². The number of carbonyl (C=O) groups is 1. The van der Waals surface area contributed by atoms with E-state index in [9.17, 15) is 4.79 Å². The highest BCUT2D eigenvalue weighted by Crippen LogP contribution is 2.06. The molecule has 0 fully saturated rings. The van der Waals surface area contributed by atoms with E-state index in [2.05, 4.69) is 0 Å². The van der Waals surface area contributed by atoms with Gasteiger partial charge < -0.3 is 5.11 Å². The summed E-state index contributed by atoms with van der Waals surface area (Å²) < 4.78 is 0. The number of carboxylic acids is 1. The second-order valence-electron chi connectivity index (χ2n) is 2.19. The lowest BCUT2D eigenvalue weighted by atomic mass is 10.1. The highest BCUT2D eigenvalue weighted by atomic mass is 35.5. The molecule has 0 aliphatic rings. The fourth-order valence-corrected chi connectivity index (χ4v) is 0.601. The predicted molar refractivity (Wildman–Crippen MR) is 36.8 cm³/mol. The molecule has 0 saturated carbocycles. The third kappa shape index (κ3) is 5.63. The van der Waals surface area contributed by atoms with Gasteiger partial charge in [-0.1, -0.05) is 6.92 Å². The van der Waals surface area contributed by atoms with Crippen molar-refractivity contribution in [2.45, 2.75) is 19.8 Å². The number of hydrogen-bond acceptors (Lipinski definition) is 1. The summed E-state index contributed by atoms with van der Waals surface area (Å²) in [5, 5.41) is 8.21. The number of hydrogen-bond donors (Lipinski definition) is 1. The van der Waals surface area contributed by atoms with Gasteiger partial charge in [-0.2, -0.15) is 0 Å². The van der Waals surface area contributed by atoms with Gasteiger partial charge in [0.15, 0.2) is 0 Å². The largest absolute Gasteiger partial charge is 0.481 e. The second kappa shape index (κ2) is 4.62. The third-order valence-electron chi connectivity index (χ3n) is 1.11. The molecule has 0 aromatic heterocycles. The van der Waals surface area contributed by atoms with Gasteiger partial charge in [-0.05, 0) is 12.3 Å². The van der Waals surface area contributed by atoms with Crippen molar-refractivity contribution >= 4 is 17.6 Å². The minimum absolute atomic E-state index is 0.230. The zero-order chi connectivity index (χ0) is 7.28. The normalized spacial score (nSPS) is 13.1. The molecule has 0 radical (unpaired) electrons. The molecule has 0 saturated heterocycles. The molecule has 0 aromatic carbocycles. The van der Waals surface area contributed by atoms with Crippen molar-refractivity contribution < 1.29 is 9.90 Å². The van der Waals surface area contributed by atoms with E-state index in [0.717, 1.165) is 0 Å². The number of aliphatic carboxylic acids is 1. The van der Waals surface area contributed by atoms with Crippen molar-refractivity contribution in [1.29, 1.82) is 0 Å². The first-order chi connectivity index (χ1) is 4.16. The second-order valence-corrected chi connectivity index (χ2v) is 2.50. The van der Waals surface area contributed by atoms with Crippen LogP contribution in [0, 0.1) is 5.92 Å². The average molecular weight is 151 g/mol. The van der Waals surface area contributed by atoms with Gasteiger partial charge in [0.1, 0.15) is 0 Å². The monoisotopic (exact) mass is 150 g/mol. The maximum atomic E-state index is 9.98. The lowest BCUT2D eigenvalue weighted by Gasteiger charge is -2.02. The van der Waals surface area contributed by atoms with Gasteiger partial charge in [0.05, 0.1) is 0 Å². The van der Waals surface area contributed by atoms with Crippen molar-refractivity contribution in [2.75, 3.05) is 5.88 Å². The van der Waals surface area contributed by atoms with Crippen molar-refractivity contribution in [2.24, 2.45) is 5.92 Å². The molecule has 0 spiro atoms. The first kappa shape index (κ1) is 8.76. The van der Waals surface area contributed by atoms with Gasteiger partial charge in [-0.25, -0.2) is 0 Å². The first-order valence-corrected chi connectivity index (χ1v) is 3.48. The minimum Gasteiger partial charge on any atom is -0.481 e. The van der Waals surface area contributed by atoms with E-state index < -0.39 is 5.97 Å². The van der Waals surface area contributed by atoms with E-state index in [-0.39, 0.29) is 6.42 Å². The Morgan fingerprint density at radius 3 is 2.67 bits per heavy atom. The Hall–Kier alpha value is -0.240. The highest BCUT2D eigenvalue weighted by Gasteiger charge is 2.02. The third-order valence-corrected chi connectivity index (χ3v) is 1.64. The number of rotatable bonds is 4. The molecule has 2 nitrogen and oxygen atoms in total.